The number of rotatable bonds is 6. The first kappa shape index (κ1) is 19.6. The van der Waals surface area contributed by atoms with Crippen molar-refractivity contribution >= 4 is 17.8 Å². The van der Waals surface area contributed by atoms with Gasteiger partial charge in [-0.05, 0) is 42.0 Å². The lowest BCUT2D eigenvalue weighted by Crippen LogP contribution is -2.17. The maximum atomic E-state index is 12.3. The van der Waals surface area contributed by atoms with Gasteiger partial charge < -0.3 is 28.4 Å². The van der Waals surface area contributed by atoms with Crippen LogP contribution >= 0.6 is 0 Å². The molecular formula is C22H20O8. The van der Waals surface area contributed by atoms with E-state index in [2.05, 4.69) is 0 Å². The van der Waals surface area contributed by atoms with Gasteiger partial charge in [0, 0.05) is 11.6 Å². The van der Waals surface area contributed by atoms with Gasteiger partial charge in [-0.1, -0.05) is 0 Å². The van der Waals surface area contributed by atoms with Gasteiger partial charge >= 0.3 is 5.97 Å². The van der Waals surface area contributed by atoms with Gasteiger partial charge in [0.05, 0.1) is 7.11 Å². The van der Waals surface area contributed by atoms with Gasteiger partial charge in [-0.3, -0.25) is 4.79 Å². The minimum Gasteiger partial charge on any atom is -0.493 e. The first-order valence-electron chi connectivity index (χ1n) is 9.39. The Morgan fingerprint density at radius 2 is 1.67 bits per heavy atom. The molecule has 0 atom stereocenters. The lowest BCUT2D eigenvalue weighted by Gasteiger charge is -2.20. The Kier molecular flexibility index (Phi) is 5.74. The molecule has 0 aliphatic carbocycles. The van der Waals surface area contributed by atoms with E-state index in [1.54, 1.807) is 36.4 Å². The highest BCUT2D eigenvalue weighted by Gasteiger charge is 2.18. The Labute approximate surface area is 172 Å². The molecule has 30 heavy (non-hydrogen) atoms. The molecule has 0 bridgehead atoms. The van der Waals surface area contributed by atoms with Crippen LogP contribution < -0.4 is 23.7 Å². The molecular weight excluding hydrogens is 392 g/mol. The summed E-state index contributed by atoms with van der Waals surface area (Å²) in [5.74, 6) is 1.70. The van der Waals surface area contributed by atoms with Crippen molar-refractivity contribution in [2.75, 3.05) is 40.1 Å². The van der Waals surface area contributed by atoms with Crippen LogP contribution in [0.25, 0.3) is 6.08 Å². The number of Topliss-reactive ketones (excluding diaryl/α,β-unsaturated/α-hetero) is 1. The van der Waals surface area contributed by atoms with E-state index in [0.717, 1.165) is 0 Å². The van der Waals surface area contributed by atoms with Gasteiger partial charge in [0.2, 0.25) is 5.75 Å². The van der Waals surface area contributed by atoms with Gasteiger partial charge in [0.15, 0.2) is 35.4 Å². The lowest BCUT2D eigenvalue weighted by molar-refractivity contribution is -0.136. The molecule has 8 nitrogen and oxygen atoms in total. The Balaban J connectivity index is 1.37. The predicted molar refractivity (Wildman–Crippen MR) is 106 cm³/mol. The number of hydrogen-bond donors (Lipinski definition) is 0. The lowest BCUT2D eigenvalue weighted by atomic mass is 10.1. The Bertz CT molecular complexity index is 978. The standard InChI is InChI=1S/C22H20O8/c1-25-19-10-14(11-20-22(19)29-9-8-28-20)2-5-21(24)30-13-16(23)15-3-4-17-18(12-15)27-7-6-26-17/h2-5,10-12H,6-9,13H2,1H3/b5-2+. The van der Waals surface area contributed by atoms with E-state index in [9.17, 15) is 9.59 Å². The van der Waals surface area contributed by atoms with E-state index in [1.807, 2.05) is 0 Å². The molecule has 156 valence electrons. The molecule has 0 saturated heterocycles. The Hall–Kier alpha value is -3.68. The van der Waals surface area contributed by atoms with Crippen LogP contribution in [0.4, 0.5) is 0 Å². The molecule has 0 spiro atoms. The quantitative estimate of drug-likeness (QED) is 0.406. The third kappa shape index (κ3) is 4.32. The summed E-state index contributed by atoms with van der Waals surface area (Å²) in [6, 6.07) is 8.32. The van der Waals surface area contributed by atoms with Gasteiger partial charge in [-0.15, -0.1) is 0 Å². The Morgan fingerprint density at radius 3 is 2.47 bits per heavy atom. The van der Waals surface area contributed by atoms with Crippen LogP contribution in [0.3, 0.4) is 0 Å². The molecule has 0 N–H and O–H groups in total. The molecule has 4 rings (SSSR count). The average Bonchev–Trinajstić information content (AvgIpc) is 2.80. The van der Waals surface area contributed by atoms with E-state index < -0.39 is 5.97 Å². The molecule has 8 heteroatoms. The zero-order chi connectivity index (χ0) is 20.9. The normalized spacial score (nSPS) is 14.3. The number of benzene rings is 2. The topological polar surface area (TPSA) is 89.5 Å². The maximum absolute atomic E-state index is 12.3. The van der Waals surface area contributed by atoms with Crippen LogP contribution in [0.1, 0.15) is 15.9 Å². The van der Waals surface area contributed by atoms with Crippen molar-refractivity contribution in [3.05, 3.63) is 47.5 Å². The summed E-state index contributed by atoms with van der Waals surface area (Å²) in [6.07, 6.45) is 2.79. The zero-order valence-corrected chi connectivity index (χ0v) is 16.3. The van der Waals surface area contributed by atoms with Crippen molar-refractivity contribution in [3.8, 4) is 28.7 Å². The molecule has 0 radical (unpaired) electrons. The van der Waals surface area contributed by atoms with Crippen molar-refractivity contribution in [1.29, 1.82) is 0 Å². The fourth-order valence-electron chi connectivity index (χ4n) is 3.04. The molecule has 2 aliphatic heterocycles. The number of ether oxygens (including phenoxy) is 6. The third-order valence-corrected chi connectivity index (χ3v) is 4.47. The van der Waals surface area contributed by atoms with Gasteiger partial charge in [0.1, 0.15) is 26.4 Å². The van der Waals surface area contributed by atoms with Crippen LogP contribution in [0.5, 0.6) is 28.7 Å². The molecule has 0 amide bonds. The van der Waals surface area contributed by atoms with E-state index in [0.29, 0.717) is 66.3 Å². The molecule has 0 unspecified atom stereocenters. The highest BCUT2D eigenvalue weighted by atomic mass is 16.6. The Morgan fingerprint density at radius 1 is 0.933 bits per heavy atom. The summed E-state index contributed by atoms with van der Waals surface area (Å²) < 4.78 is 32.4. The van der Waals surface area contributed by atoms with Crippen LogP contribution in [0.15, 0.2) is 36.4 Å². The van der Waals surface area contributed by atoms with Crippen LogP contribution in [0.2, 0.25) is 0 Å². The molecule has 0 aromatic heterocycles. The van der Waals surface area contributed by atoms with Crippen molar-refractivity contribution in [2.24, 2.45) is 0 Å². The van der Waals surface area contributed by atoms with Crippen LogP contribution in [0, 0.1) is 0 Å². The van der Waals surface area contributed by atoms with E-state index >= 15 is 0 Å². The van der Waals surface area contributed by atoms with E-state index in [4.69, 9.17) is 28.4 Å². The molecule has 0 saturated carbocycles. The average molecular weight is 412 g/mol. The number of carbonyl (C=O) groups is 2. The summed E-state index contributed by atoms with van der Waals surface area (Å²) in [5, 5.41) is 0. The minimum atomic E-state index is -0.644. The fraction of sp³-hybridized carbons (Fsp3) is 0.273. The number of esters is 1. The first-order chi connectivity index (χ1) is 14.6. The monoisotopic (exact) mass is 412 g/mol. The van der Waals surface area contributed by atoms with Crippen molar-refractivity contribution in [2.45, 2.75) is 0 Å². The summed E-state index contributed by atoms with van der Waals surface area (Å²) >= 11 is 0. The number of methoxy groups -OCH3 is 1. The maximum Gasteiger partial charge on any atom is 0.331 e. The summed E-state index contributed by atoms with van der Waals surface area (Å²) in [7, 11) is 1.53. The van der Waals surface area contributed by atoms with Gasteiger partial charge in [-0.25, -0.2) is 4.79 Å². The van der Waals surface area contributed by atoms with Crippen LogP contribution in [-0.2, 0) is 9.53 Å². The minimum absolute atomic E-state index is 0.338. The van der Waals surface area contributed by atoms with E-state index in [1.165, 1.54) is 13.2 Å². The molecule has 2 aliphatic rings. The first-order valence-corrected chi connectivity index (χ1v) is 9.39. The van der Waals surface area contributed by atoms with E-state index in [-0.39, 0.29) is 12.4 Å². The largest absolute Gasteiger partial charge is 0.493 e. The number of ketones is 1. The number of hydrogen-bond acceptors (Lipinski definition) is 8. The third-order valence-electron chi connectivity index (χ3n) is 4.47. The number of carbonyl (C=O) groups excluding carboxylic acids is 2. The van der Waals surface area contributed by atoms with Gasteiger partial charge in [0.25, 0.3) is 0 Å². The molecule has 2 aromatic rings. The fourth-order valence-corrected chi connectivity index (χ4v) is 3.04. The van der Waals surface area contributed by atoms with Crippen molar-refractivity contribution < 1.29 is 38.0 Å². The predicted octanol–water partition coefficient (Wildman–Crippen LogP) is 2.68. The van der Waals surface area contributed by atoms with Gasteiger partial charge in [-0.2, -0.15) is 0 Å². The van der Waals surface area contributed by atoms with Crippen LogP contribution in [-0.4, -0.2) is 51.9 Å². The molecule has 2 aromatic carbocycles. The smallest absolute Gasteiger partial charge is 0.331 e. The summed E-state index contributed by atoms with van der Waals surface area (Å²) in [4.78, 5) is 24.3. The second kappa shape index (κ2) is 8.77. The summed E-state index contributed by atoms with van der Waals surface area (Å²) in [6.45, 7) is 1.40. The number of fused-ring (bicyclic) bond motifs is 2. The molecule has 2 heterocycles. The SMILES string of the molecule is COc1cc(/C=C/C(=O)OCC(=O)c2ccc3c(c2)OCCO3)cc2c1OCCO2. The van der Waals surface area contributed by atoms with Crippen molar-refractivity contribution in [1.82, 2.24) is 0 Å². The highest BCUT2D eigenvalue weighted by Crippen LogP contribution is 2.40. The second-order valence-corrected chi connectivity index (χ2v) is 6.47. The summed E-state index contributed by atoms with van der Waals surface area (Å²) in [5.41, 5.74) is 1.05. The van der Waals surface area contributed by atoms with Crippen molar-refractivity contribution in [3.63, 3.8) is 0 Å². The molecule has 0 fully saturated rings. The zero-order valence-electron chi connectivity index (χ0n) is 16.3. The highest BCUT2D eigenvalue weighted by molar-refractivity contribution is 5.99. The second-order valence-electron chi connectivity index (χ2n) is 6.47.